The van der Waals surface area contributed by atoms with Crippen LogP contribution in [0.1, 0.15) is 38.3 Å². The zero-order chi connectivity index (χ0) is 16.7. The van der Waals surface area contributed by atoms with Gasteiger partial charge in [-0.25, -0.2) is 0 Å². The number of fused-ring (bicyclic) bond motifs is 3. The van der Waals surface area contributed by atoms with Gasteiger partial charge in [-0.1, -0.05) is 75.4 Å². The van der Waals surface area contributed by atoms with Crippen LogP contribution in [0.4, 0.5) is 0 Å². The molecule has 0 aliphatic heterocycles. The summed E-state index contributed by atoms with van der Waals surface area (Å²) >= 11 is 0. The first kappa shape index (κ1) is 15.2. The molecule has 0 saturated carbocycles. The molecule has 0 fully saturated rings. The first-order chi connectivity index (χ1) is 11.5. The second kappa shape index (κ2) is 5.62. The van der Waals surface area contributed by atoms with Gasteiger partial charge >= 0.3 is 0 Å². The molecule has 2 nitrogen and oxygen atoms in total. The third-order valence-electron chi connectivity index (χ3n) is 4.81. The summed E-state index contributed by atoms with van der Waals surface area (Å²) in [5.41, 5.74) is 8.17. The van der Waals surface area contributed by atoms with E-state index in [1.807, 2.05) is 0 Å². The van der Waals surface area contributed by atoms with Gasteiger partial charge in [-0.3, -0.25) is 4.68 Å². The van der Waals surface area contributed by atoms with Crippen LogP contribution in [-0.4, -0.2) is 9.78 Å². The van der Waals surface area contributed by atoms with E-state index in [1.54, 1.807) is 0 Å². The van der Waals surface area contributed by atoms with Crippen LogP contribution in [-0.2, 0) is 13.0 Å². The summed E-state index contributed by atoms with van der Waals surface area (Å²) in [6.07, 6.45) is 2.11. The molecule has 24 heavy (non-hydrogen) atoms. The molecule has 0 spiro atoms. The summed E-state index contributed by atoms with van der Waals surface area (Å²) in [4.78, 5) is 0. The van der Waals surface area contributed by atoms with Gasteiger partial charge in [0, 0.05) is 29.7 Å². The number of aryl methyl sites for hydroxylation is 1. The highest BCUT2D eigenvalue weighted by molar-refractivity contribution is 5.81. The molecule has 0 atom stereocenters. The van der Waals surface area contributed by atoms with E-state index in [-0.39, 0.29) is 0 Å². The number of aromatic nitrogens is 2. The van der Waals surface area contributed by atoms with Crippen molar-refractivity contribution < 1.29 is 0 Å². The predicted molar refractivity (Wildman–Crippen MR) is 100.0 cm³/mol. The van der Waals surface area contributed by atoms with E-state index < -0.39 is 0 Å². The van der Waals surface area contributed by atoms with Crippen molar-refractivity contribution >= 4 is 0 Å². The highest BCUT2D eigenvalue weighted by Gasteiger charge is 2.28. The zero-order valence-electron chi connectivity index (χ0n) is 14.7. The Morgan fingerprint density at radius 1 is 0.958 bits per heavy atom. The largest absolute Gasteiger partial charge is 0.264 e. The zero-order valence-corrected chi connectivity index (χ0v) is 14.7. The molecule has 1 aromatic heterocycles. The van der Waals surface area contributed by atoms with E-state index in [0.29, 0.717) is 5.41 Å². The lowest BCUT2D eigenvalue weighted by Gasteiger charge is -2.18. The lowest BCUT2D eigenvalue weighted by molar-refractivity contribution is 0.342. The molecule has 1 aliphatic carbocycles. The van der Waals surface area contributed by atoms with Gasteiger partial charge in [-0.15, -0.1) is 0 Å². The van der Waals surface area contributed by atoms with E-state index in [2.05, 4.69) is 80.1 Å². The highest BCUT2D eigenvalue weighted by Crippen LogP contribution is 2.41. The fourth-order valence-corrected chi connectivity index (χ4v) is 3.50. The van der Waals surface area contributed by atoms with Crippen molar-refractivity contribution in [1.29, 1.82) is 0 Å². The lowest BCUT2D eigenvalue weighted by atomic mass is 9.92. The SMILES string of the molecule is CC(C)(C)CCn1nc(-c2ccccc2)c2c1-c1ccccc1C2. The van der Waals surface area contributed by atoms with Gasteiger partial charge in [0.2, 0.25) is 0 Å². The van der Waals surface area contributed by atoms with Gasteiger partial charge in [-0.05, 0) is 17.4 Å². The highest BCUT2D eigenvalue weighted by atomic mass is 15.3. The molecule has 0 radical (unpaired) electrons. The molecule has 0 N–H and O–H groups in total. The molecule has 2 heteroatoms. The Morgan fingerprint density at radius 3 is 2.42 bits per heavy atom. The monoisotopic (exact) mass is 316 g/mol. The summed E-state index contributed by atoms with van der Waals surface area (Å²) in [5, 5.41) is 5.02. The molecule has 0 amide bonds. The number of nitrogens with zero attached hydrogens (tertiary/aromatic N) is 2. The fraction of sp³-hybridized carbons (Fsp3) is 0.318. The average molecular weight is 316 g/mol. The Kier molecular flexibility index (Phi) is 3.56. The Morgan fingerprint density at radius 2 is 1.67 bits per heavy atom. The van der Waals surface area contributed by atoms with E-state index in [0.717, 1.165) is 25.1 Å². The van der Waals surface area contributed by atoms with Crippen LogP contribution < -0.4 is 0 Å². The van der Waals surface area contributed by atoms with Gasteiger partial charge < -0.3 is 0 Å². The number of hydrogen-bond acceptors (Lipinski definition) is 1. The molecule has 0 saturated heterocycles. The standard InChI is InChI=1S/C22H24N2/c1-22(2,3)13-14-24-21-18-12-8-7-11-17(18)15-19(21)20(23-24)16-9-5-4-6-10-16/h4-12H,13-15H2,1-3H3. The van der Waals surface area contributed by atoms with Crippen LogP contribution in [0.5, 0.6) is 0 Å². The van der Waals surface area contributed by atoms with E-state index in [4.69, 9.17) is 5.10 Å². The van der Waals surface area contributed by atoms with Crippen LogP contribution >= 0.6 is 0 Å². The quantitative estimate of drug-likeness (QED) is 0.484. The fourth-order valence-electron chi connectivity index (χ4n) is 3.50. The second-order valence-corrected chi connectivity index (χ2v) is 7.91. The van der Waals surface area contributed by atoms with Crippen LogP contribution in [0.3, 0.4) is 0 Å². The third-order valence-corrected chi connectivity index (χ3v) is 4.81. The molecular formula is C22H24N2. The molecule has 1 heterocycles. The van der Waals surface area contributed by atoms with Crippen molar-refractivity contribution in [3.8, 4) is 22.5 Å². The number of benzene rings is 2. The van der Waals surface area contributed by atoms with E-state index >= 15 is 0 Å². The molecule has 122 valence electrons. The molecular weight excluding hydrogens is 292 g/mol. The van der Waals surface area contributed by atoms with Crippen LogP contribution in [0.15, 0.2) is 54.6 Å². The molecule has 4 rings (SSSR count). The van der Waals surface area contributed by atoms with Crippen LogP contribution in [0, 0.1) is 5.41 Å². The third kappa shape index (κ3) is 2.66. The van der Waals surface area contributed by atoms with Gasteiger partial charge in [0.05, 0.1) is 11.4 Å². The van der Waals surface area contributed by atoms with Crippen LogP contribution in [0.25, 0.3) is 22.5 Å². The smallest absolute Gasteiger partial charge is 0.0965 e. The molecule has 0 unspecified atom stereocenters. The van der Waals surface area contributed by atoms with Gasteiger partial charge in [0.15, 0.2) is 0 Å². The van der Waals surface area contributed by atoms with Gasteiger partial charge in [-0.2, -0.15) is 5.10 Å². The Bertz CT molecular complexity index is 867. The van der Waals surface area contributed by atoms with Crippen molar-refractivity contribution in [2.24, 2.45) is 5.41 Å². The lowest BCUT2D eigenvalue weighted by Crippen LogP contribution is -2.12. The predicted octanol–water partition coefficient (Wildman–Crippen LogP) is 5.56. The second-order valence-electron chi connectivity index (χ2n) is 7.91. The van der Waals surface area contributed by atoms with Crippen molar-refractivity contribution in [1.82, 2.24) is 9.78 Å². The first-order valence-corrected chi connectivity index (χ1v) is 8.76. The van der Waals surface area contributed by atoms with E-state index in [9.17, 15) is 0 Å². The summed E-state index contributed by atoms with van der Waals surface area (Å²) in [7, 11) is 0. The van der Waals surface area contributed by atoms with Crippen molar-refractivity contribution in [3.05, 3.63) is 65.7 Å². The molecule has 0 bridgehead atoms. The summed E-state index contributed by atoms with van der Waals surface area (Å²) < 4.78 is 2.24. The van der Waals surface area contributed by atoms with Gasteiger partial charge in [0.25, 0.3) is 0 Å². The summed E-state index contributed by atoms with van der Waals surface area (Å²) in [6, 6.07) is 19.4. The maximum Gasteiger partial charge on any atom is 0.0965 e. The normalized spacial score (nSPS) is 13.0. The molecule has 1 aliphatic rings. The maximum atomic E-state index is 5.02. The summed E-state index contributed by atoms with van der Waals surface area (Å²) in [6.45, 7) is 7.85. The maximum absolute atomic E-state index is 5.02. The van der Waals surface area contributed by atoms with E-state index in [1.165, 1.54) is 27.9 Å². The minimum absolute atomic E-state index is 0.309. The Balaban J connectivity index is 1.83. The first-order valence-electron chi connectivity index (χ1n) is 8.76. The molecule has 2 aromatic carbocycles. The number of hydrogen-bond donors (Lipinski definition) is 0. The Labute approximate surface area is 144 Å². The Hall–Kier alpha value is -2.35. The average Bonchev–Trinajstić information content (AvgIpc) is 3.10. The number of rotatable bonds is 3. The van der Waals surface area contributed by atoms with Crippen molar-refractivity contribution in [3.63, 3.8) is 0 Å². The van der Waals surface area contributed by atoms with Crippen molar-refractivity contribution in [2.75, 3.05) is 0 Å². The minimum atomic E-state index is 0.309. The summed E-state index contributed by atoms with van der Waals surface area (Å²) in [5.74, 6) is 0. The van der Waals surface area contributed by atoms with Crippen LogP contribution in [0.2, 0.25) is 0 Å². The minimum Gasteiger partial charge on any atom is -0.264 e. The van der Waals surface area contributed by atoms with Crippen molar-refractivity contribution in [2.45, 2.75) is 40.2 Å². The van der Waals surface area contributed by atoms with Gasteiger partial charge in [0.1, 0.15) is 0 Å². The molecule has 3 aromatic rings. The topological polar surface area (TPSA) is 17.8 Å².